The molecule has 1 amide bonds. The number of ether oxygens (including phenoxy) is 2. The van der Waals surface area contributed by atoms with E-state index in [1.54, 1.807) is 49.5 Å². The molecule has 0 unspecified atom stereocenters. The van der Waals surface area contributed by atoms with Crippen molar-refractivity contribution in [3.8, 4) is 5.75 Å². The molecule has 1 aromatic carbocycles. The number of carbonyl (C=O) groups excluding carboxylic acids is 1. The number of aliphatic hydroxyl groups is 3. The van der Waals surface area contributed by atoms with Gasteiger partial charge < -0.3 is 30.1 Å². The van der Waals surface area contributed by atoms with Crippen molar-refractivity contribution in [2.45, 2.75) is 116 Å². The number of hydrogen-bond acceptors (Lipinski definition) is 6. The minimum absolute atomic E-state index is 0.157. The number of aliphatic hydroxyl groups excluding tert-OH is 3. The summed E-state index contributed by atoms with van der Waals surface area (Å²) >= 11 is 0. The Morgan fingerprint density at radius 3 is 2.22 bits per heavy atom. The molecule has 1 fully saturated rings. The topological polar surface area (TPSA) is 108 Å². The lowest BCUT2D eigenvalue weighted by Gasteiger charge is -2.38. The Bertz CT molecular complexity index is 822. The van der Waals surface area contributed by atoms with Crippen molar-refractivity contribution in [3.63, 3.8) is 0 Å². The molecule has 1 aliphatic heterocycles. The number of rotatable bonds is 16. The average Bonchev–Trinajstić information content (AvgIpc) is 2.87. The fourth-order valence-corrected chi connectivity index (χ4v) is 4.24. The van der Waals surface area contributed by atoms with Crippen molar-refractivity contribution in [1.29, 1.82) is 0 Å². The fourth-order valence-electron chi connectivity index (χ4n) is 4.24. The summed E-state index contributed by atoms with van der Waals surface area (Å²) in [4.78, 5) is 12.0. The highest BCUT2D eigenvalue weighted by Gasteiger charge is 2.43. The van der Waals surface area contributed by atoms with Crippen LogP contribution in [0.1, 0.15) is 90.5 Å². The zero-order valence-corrected chi connectivity index (χ0v) is 22.7. The molecule has 2 rings (SSSR count). The first kappa shape index (κ1) is 31.0. The second kappa shape index (κ2) is 17.3. The number of amides is 1. The second-order valence-electron chi connectivity index (χ2n) is 10.4. The van der Waals surface area contributed by atoms with Crippen LogP contribution in [-0.2, 0) is 9.53 Å². The first-order valence-electron chi connectivity index (χ1n) is 13.9. The summed E-state index contributed by atoms with van der Waals surface area (Å²) in [6.07, 6.45) is 13.9. The fraction of sp³-hybridized carbons (Fsp3) is 0.633. The van der Waals surface area contributed by atoms with E-state index >= 15 is 0 Å². The first-order chi connectivity index (χ1) is 17.8. The number of carbonyl (C=O) groups is 1. The van der Waals surface area contributed by atoms with Crippen LogP contribution in [0.15, 0.2) is 42.6 Å². The standard InChI is InChI=1S/C30H47NO6/c1-22(2)14-12-10-8-6-4-5-7-9-11-13-15-26(32)31-21-20-24-16-18-25(19-17-24)37-30-29(35)28(34)27(33)23(3)36-30/h13,15-23,27-30,33-35H,4-12,14H2,1-3H3,(H,31,32)/b15-13-,21-20-/t23-,27-,28+,29+,30-/m0/s1. The third kappa shape index (κ3) is 12.3. The van der Waals surface area contributed by atoms with E-state index in [0.717, 1.165) is 24.3 Å². The molecular weight excluding hydrogens is 470 g/mol. The second-order valence-corrected chi connectivity index (χ2v) is 10.4. The molecule has 208 valence electrons. The van der Waals surface area contributed by atoms with E-state index in [-0.39, 0.29) is 5.91 Å². The molecule has 0 radical (unpaired) electrons. The maximum Gasteiger partial charge on any atom is 0.247 e. The first-order valence-corrected chi connectivity index (χ1v) is 13.9. The predicted octanol–water partition coefficient (Wildman–Crippen LogP) is 5.09. The van der Waals surface area contributed by atoms with Crippen molar-refractivity contribution in [2.24, 2.45) is 5.92 Å². The number of benzene rings is 1. The molecule has 7 nitrogen and oxygen atoms in total. The lowest BCUT2D eigenvalue weighted by atomic mass is 10.00. The van der Waals surface area contributed by atoms with Gasteiger partial charge in [-0.3, -0.25) is 4.79 Å². The van der Waals surface area contributed by atoms with Crippen molar-refractivity contribution in [1.82, 2.24) is 5.32 Å². The van der Waals surface area contributed by atoms with Crippen molar-refractivity contribution in [3.05, 3.63) is 48.2 Å². The quantitative estimate of drug-likeness (QED) is 0.180. The normalized spacial score (nSPS) is 24.2. The van der Waals surface area contributed by atoms with E-state index in [1.165, 1.54) is 51.4 Å². The van der Waals surface area contributed by atoms with Crippen molar-refractivity contribution < 1.29 is 29.6 Å². The minimum Gasteiger partial charge on any atom is -0.462 e. The van der Waals surface area contributed by atoms with Gasteiger partial charge in [-0.2, -0.15) is 0 Å². The monoisotopic (exact) mass is 517 g/mol. The predicted molar refractivity (Wildman–Crippen MR) is 147 cm³/mol. The van der Waals surface area contributed by atoms with Gasteiger partial charge in [0.2, 0.25) is 12.2 Å². The molecule has 37 heavy (non-hydrogen) atoms. The van der Waals surface area contributed by atoms with Crippen molar-refractivity contribution >= 4 is 12.0 Å². The van der Waals surface area contributed by atoms with Gasteiger partial charge in [-0.15, -0.1) is 0 Å². The van der Waals surface area contributed by atoms with Gasteiger partial charge in [0.05, 0.1) is 6.10 Å². The molecule has 0 spiro atoms. The number of hydrogen-bond donors (Lipinski definition) is 4. The van der Waals surface area contributed by atoms with Crippen LogP contribution in [-0.4, -0.2) is 51.9 Å². The highest BCUT2D eigenvalue weighted by molar-refractivity contribution is 5.88. The summed E-state index contributed by atoms with van der Waals surface area (Å²) in [7, 11) is 0. The van der Waals surface area contributed by atoms with Gasteiger partial charge >= 0.3 is 0 Å². The van der Waals surface area contributed by atoms with E-state index in [2.05, 4.69) is 19.2 Å². The van der Waals surface area contributed by atoms with Gasteiger partial charge in [0.1, 0.15) is 24.1 Å². The largest absolute Gasteiger partial charge is 0.462 e. The highest BCUT2D eigenvalue weighted by Crippen LogP contribution is 2.24. The SMILES string of the molecule is CC(C)CCCCCCCCCC/C=C\C(=O)N/C=C\c1ccc(O[C@@H]2O[C@@H](C)[C@H](O)[C@@H](O)[C@H]2O)cc1. The molecule has 7 heteroatoms. The Kier molecular flexibility index (Phi) is 14.5. The summed E-state index contributed by atoms with van der Waals surface area (Å²) in [6.45, 7) is 6.18. The van der Waals surface area contributed by atoms with Crippen LogP contribution in [0, 0.1) is 5.92 Å². The molecule has 1 heterocycles. The van der Waals surface area contributed by atoms with Crippen LogP contribution in [0.3, 0.4) is 0 Å². The summed E-state index contributed by atoms with van der Waals surface area (Å²) < 4.78 is 11.1. The molecular formula is C30H47NO6. The summed E-state index contributed by atoms with van der Waals surface area (Å²) in [5.74, 6) is 1.12. The van der Waals surface area contributed by atoms with E-state index < -0.39 is 30.7 Å². The van der Waals surface area contributed by atoms with Gasteiger partial charge in [0.25, 0.3) is 0 Å². The number of allylic oxidation sites excluding steroid dienone is 1. The summed E-state index contributed by atoms with van der Waals surface area (Å²) in [5, 5.41) is 32.5. The zero-order valence-electron chi connectivity index (χ0n) is 22.7. The molecule has 1 saturated heterocycles. The van der Waals surface area contributed by atoms with Crippen LogP contribution >= 0.6 is 0 Å². The van der Waals surface area contributed by atoms with Crippen LogP contribution in [0.2, 0.25) is 0 Å². The van der Waals surface area contributed by atoms with Gasteiger partial charge in [0.15, 0.2) is 0 Å². The van der Waals surface area contributed by atoms with E-state index in [1.807, 2.05) is 6.08 Å². The van der Waals surface area contributed by atoms with Crippen molar-refractivity contribution in [2.75, 3.05) is 0 Å². The zero-order chi connectivity index (χ0) is 27.0. The Hall–Kier alpha value is -2.19. The maximum absolute atomic E-state index is 12.0. The van der Waals surface area contributed by atoms with Gasteiger partial charge in [-0.05, 0) is 55.5 Å². The van der Waals surface area contributed by atoms with Crippen LogP contribution in [0.4, 0.5) is 0 Å². The third-order valence-corrected chi connectivity index (χ3v) is 6.61. The molecule has 1 aromatic rings. The van der Waals surface area contributed by atoms with E-state index in [0.29, 0.717) is 5.75 Å². The highest BCUT2D eigenvalue weighted by atomic mass is 16.7. The molecule has 1 aliphatic rings. The molecule has 0 bridgehead atoms. The minimum atomic E-state index is -1.36. The Morgan fingerprint density at radius 2 is 1.57 bits per heavy atom. The van der Waals surface area contributed by atoms with Gasteiger partial charge in [0, 0.05) is 6.20 Å². The van der Waals surface area contributed by atoms with Crippen LogP contribution < -0.4 is 10.1 Å². The maximum atomic E-state index is 12.0. The molecule has 0 aliphatic carbocycles. The lowest BCUT2D eigenvalue weighted by Crippen LogP contribution is -2.58. The summed E-state index contributed by atoms with van der Waals surface area (Å²) in [6, 6.07) is 6.99. The summed E-state index contributed by atoms with van der Waals surface area (Å²) in [5.41, 5.74) is 0.852. The lowest BCUT2D eigenvalue weighted by molar-refractivity contribution is -0.268. The number of unbranched alkanes of at least 4 members (excludes halogenated alkanes) is 8. The number of nitrogens with one attached hydrogen (secondary N) is 1. The molecule has 0 aromatic heterocycles. The van der Waals surface area contributed by atoms with E-state index in [9.17, 15) is 20.1 Å². The van der Waals surface area contributed by atoms with Crippen LogP contribution in [0.5, 0.6) is 5.75 Å². The van der Waals surface area contributed by atoms with Crippen LogP contribution in [0.25, 0.3) is 6.08 Å². The molecule has 5 atom stereocenters. The smallest absolute Gasteiger partial charge is 0.247 e. The van der Waals surface area contributed by atoms with Gasteiger partial charge in [-0.1, -0.05) is 83.4 Å². The average molecular weight is 518 g/mol. The Morgan fingerprint density at radius 1 is 0.946 bits per heavy atom. The molecule has 0 saturated carbocycles. The van der Waals surface area contributed by atoms with E-state index in [4.69, 9.17) is 9.47 Å². The third-order valence-electron chi connectivity index (χ3n) is 6.61. The Balaban J connectivity index is 1.57. The Labute approximate surface area is 222 Å². The van der Waals surface area contributed by atoms with Gasteiger partial charge in [-0.25, -0.2) is 0 Å². The molecule has 4 N–H and O–H groups in total.